The van der Waals surface area contributed by atoms with E-state index < -0.39 is 0 Å². The maximum absolute atomic E-state index is 11.7. The molecule has 1 aliphatic rings. The molecular weight excluding hydrogens is 334 g/mol. The van der Waals surface area contributed by atoms with Crippen LogP contribution in [-0.2, 0) is 6.54 Å². The van der Waals surface area contributed by atoms with Crippen LogP contribution in [0, 0.1) is 0 Å². The molecule has 136 valence electrons. The zero-order valence-corrected chi connectivity index (χ0v) is 14.8. The van der Waals surface area contributed by atoms with Gasteiger partial charge in [0.15, 0.2) is 23.1 Å². The van der Waals surface area contributed by atoms with Gasteiger partial charge in [0.1, 0.15) is 5.52 Å². The molecule has 0 radical (unpaired) electrons. The SMILES string of the molecule is C=C1CCNC1.CCn1c(-c2nonc2N)nc2cncc(C(C)=O)c21. The summed E-state index contributed by atoms with van der Waals surface area (Å²) in [7, 11) is 0. The summed E-state index contributed by atoms with van der Waals surface area (Å²) in [6.07, 6.45) is 4.31. The minimum absolute atomic E-state index is 0.0736. The number of aryl methyl sites for hydroxylation is 1. The number of imidazole rings is 1. The molecule has 0 aromatic carbocycles. The van der Waals surface area contributed by atoms with Gasteiger partial charge < -0.3 is 15.6 Å². The first-order valence-electron chi connectivity index (χ1n) is 8.33. The molecular formula is C17H21N7O2. The fraction of sp³-hybridized carbons (Fsp3) is 0.353. The molecule has 3 aromatic rings. The third-order valence-corrected chi connectivity index (χ3v) is 4.10. The fourth-order valence-electron chi connectivity index (χ4n) is 2.80. The molecule has 0 aliphatic carbocycles. The second-order valence-electron chi connectivity index (χ2n) is 5.97. The lowest BCUT2D eigenvalue weighted by molar-refractivity contribution is 0.101. The number of hydrogen-bond acceptors (Lipinski definition) is 8. The molecule has 0 atom stereocenters. The van der Waals surface area contributed by atoms with Crippen molar-refractivity contribution in [2.24, 2.45) is 0 Å². The van der Waals surface area contributed by atoms with Crippen molar-refractivity contribution < 1.29 is 9.42 Å². The van der Waals surface area contributed by atoms with Gasteiger partial charge in [-0.25, -0.2) is 9.61 Å². The van der Waals surface area contributed by atoms with Crippen LogP contribution >= 0.6 is 0 Å². The molecule has 26 heavy (non-hydrogen) atoms. The van der Waals surface area contributed by atoms with Gasteiger partial charge in [0, 0.05) is 19.3 Å². The minimum atomic E-state index is -0.0736. The molecule has 9 heteroatoms. The van der Waals surface area contributed by atoms with Crippen LogP contribution in [0.2, 0.25) is 0 Å². The number of carbonyl (C=O) groups is 1. The lowest BCUT2D eigenvalue weighted by Crippen LogP contribution is -2.04. The number of ketones is 1. The number of aromatic nitrogens is 5. The first-order chi connectivity index (χ1) is 12.5. The summed E-state index contributed by atoms with van der Waals surface area (Å²) in [4.78, 5) is 20.2. The van der Waals surface area contributed by atoms with Crippen molar-refractivity contribution in [3.8, 4) is 11.5 Å². The Kier molecular flexibility index (Phi) is 5.08. The molecule has 0 saturated carbocycles. The summed E-state index contributed by atoms with van der Waals surface area (Å²) in [5, 5.41) is 10.5. The van der Waals surface area contributed by atoms with Crippen molar-refractivity contribution in [2.75, 3.05) is 18.8 Å². The smallest absolute Gasteiger partial charge is 0.199 e. The largest absolute Gasteiger partial charge is 0.379 e. The van der Waals surface area contributed by atoms with Crippen molar-refractivity contribution in [1.82, 2.24) is 30.2 Å². The number of nitrogens with two attached hydrogens (primary N) is 1. The number of anilines is 1. The number of hydrogen-bond donors (Lipinski definition) is 2. The molecule has 0 amide bonds. The number of carbonyl (C=O) groups excluding carboxylic acids is 1. The molecule has 1 saturated heterocycles. The number of nitrogen functional groups attached to an aromatic ring is 1. The zero-order chi connectivity index (χ0) is 18.7. The van der Waals surface area contributed by atoms with E-state index in [0.29, 0.717) is 34.7 Å². The Hall–Kier alpha value is -3.07. The van der Waals surface area contributed by atoms with E-state index in [-0.39, 0.29) is 11.6 Å². The van der Waals surface area contributed by atoms with Crippen molar-refractivity contribution in [1.29, 1.82) is 0 Å². The predicted molar refractivity (Wildman–Crippen MR) is 97.5 cm³/mol. The average molecular weight is 355 g/mol. The quantitative estimate of drug-likeness (QED) is 0.538. The predicted octanol–water partition coefficient (Wildman–Crippen LogP) is 1.82. The van der Waals surface area contributed by atoms with E-state index in [1.165, 1.54) is 25.1 Å². The van der Waals surface area contributed by atoms with Crippen molar-refractivity contribution >= 4 is 22.6 Å². The summed E-state index contributed by atoms with van der Waals surface area (Å²) >= 11 is 0. The molecule has 4 rings (SSSR count). The summed E-state index contributed by atoms with van der Waals surface area (Å²) < 4.78 is 6.46. The first-order valence-corrected chi connectivity index (χ1v) is 8.33. The molecule has 1 aliphatic heterocycles. The van der Waals surface area contributed by atoms with Gasteiger partial charge in [0.2, 0.25) is 0 Å². The maximum atomic E-state index is 11.7. The summed E-state index contributed by atoms with van der Waals surface area (Å²) in [6.45, 7) is 10.0. The van der Waals surface area contributed by atoms with E-state index >= 15 is 0 Å². The van der Waals surface area contributed by atoms with Crippen LogP contribution in [0.3, 0.4) is 0 Å². The highest BCUT2D eigenvalue weighted by molar-refractivity contribution is 6.05. The number of Topliss-reactive ketones (excluding diaryl/α,β-unsaturated/α-hetero) is 1. The van der Waals surface area contributed by atoms with Crippen molar-refractivity contribution in [2.45, 2.75) is 26.8 Å². The monoisotopic (exact) mass is 355 g/mol. The van der Waals surface area contributed by atoms with Gasteiger partial charge in [-0.1, -0.05) is 12.2 Å². The maximum Gasteiger partial charge on any atom is 0.199 e. The number of rotatable bonds is 3. The van der Waals surface area contributed by atoms with Gasteiger partial charge in [-0.05, 0) is 37.1 Å². The Morgan fingerprint density at radius 3 is 2.73 bits per heavy atom. The van der Waals surface area contributed by atoms with Gasteiger partial charge in [0.05, 0.1) is 17.3 Å². The van der Waals surface area contributed by atoms with E-state index in [1.54, 1.807) is 6.20 Å². The highest BCUT2D eigenvalue weighted by Crippen LogP contribution is 2.28. The third-order valence-electron chi connectivity index (χ3n) is 4.10. The number of pyridine rings is 1. The van der Waals surface area contributed by atoms with Gasteiger partial charge in [0.25, 0.3) is 0 Å². The van der Waals surface area contributed by atoms with Crippen molar-refractivity contribution in [3.05, 3.63) is 30.1 Å². The van der Waals surface area contributed by atoms with E-state index in [2.05, 4.69) is 36.8 Å². The van der Waals surface area contributed by atoms with Crippen molar-refractivity contribution in [3.63, 3.8) is 0 Å². The lowest BCUT2D eigenvalue weighted by Gasteiger charge is -2.05. The number of nitrogens with zero attached hydrogens (tertiary/aromatic N) is 5. The van der Waals surface area contributed by atoms with Crippen LogP contribution < -0.4 is 11.1 Å². The van der Waals surface area contributed by atoms with Gasteiger partial charge >= 0.3 is 0 Å². The highest BCUT2D eigenvalue weighted by Gasteiger charge is 2.21. The zero-order valence-electron chi connectivity index (χ0n) is 14.8. The molecule has 3 N–H and O–H groups in total. The number of fused-ring (bicyclic) bond motifs is 1. The summed E-state index contributed by atoms with van der Waals surface area (Å²) in [5.74, 6) is 0.597. The first kappa shape index (κ1) is 17.7. The summed E-state index contributed by atoms with van der Waals surface area (Å²) in [6, 6.07) is 0. The molecule has 0 spiro atoms. The summed E-state index contributed by atoms with van der Waals surface area (Å²) in [5.41, 5.74) is 9.25. The Morgan fingerprint density at radius 2 is 2.23 bits per heavy atom. The second kappa shape index (κ2) is 7.44. The highest BCUT2D eigenvalue weighted by atomic mass is 16.6. The van der Waals surface area contributed by atoms with Crippen LogP contribution in [0.1, 0.15) is 30.6 Å². The molecule has 0 unspecified atom stereocenters. The fourth-order valence-corrected chi connectivity index (χ4v) is 2.80. The van der Waals surface area contributed by atoms with Crippen LogP contribution in [0.4, 0.5) is 5.82 Å². The normalized spacial score (nSPS) is 13.7. The topological polar surface area (TPSA) is 125 Å². The molecule has 3 aromatic heterocycles. The van der Waals surface area contributed by atoms with E-state index in [1.807, 2.05) is 11.5 Å². The van der Waals surface area contributed by atoms with Crippen LogP contribution in [0.5, 0.6) is 0 Å². The van der Waals surface area contributed by atoms with Gasteiger partial charge in [-0.2, -0.15) is 0 Å². The molecule has 1 fully saturated rings. The van der Waals surface area contributed by atoms with E-state index in [4.69, 9.17) is 5.73 Å². The Bertz CT molecular complexity index is 949. The average Bonchev–Trinajstić information content (AvgIpc) is 3.33. The second-order valence-corrected chi connectivity index (χ2v) is 5.97. The molecule has 4 heterocycles. The molecule has 0 bridgehead atoms. The van der Waals surface area contributed by atoms with E-state index in [9.17, 15) is 4.79 Å². The van der Waals surface area contributed by atoms with Crippen LogP contribution in [0.15, 0.2) is 29.2 Å². The Labute approximate surface area is 150 Å². The van der Waals surface area contributed by atoms with Gasteiger partial charge in [-0.15, -0.1) is 0 Å². The van der Waals surface area contributed by atoms with Crippen LogP contribution in [-0.4, -0.2) is 43.7 Å². The Balaban J connectivity index is 0.000000278. The third kappa shape index (κ3) is 3.33. The van der Waals surface area contributed by atoms with Crippen LogP contribution in [0.25, 0.3) is 22.6 Å². The van der Waals surface area contributed by atoms with Gasteiger partial charge in [-0.3, -0.25) is 9.78 Å². The van der Waals surface area contributed by atoms with E-state index in [0.717, 1.165) is 13.1 Å². The molecule has 9 nitrogen and oxygen atoms in total. The number of nitrogens with one attached hydrogen (secondary N) is 1. The lowest BCUT2D eigenvalue weighted by atomic mass is 10.2. The Morgan fingerprint density at radius 1 is 1.42 bits per heavy atom. The minimum Gasteiger partial charge on any atom is -0.379 e. The standard InChI is InChI=1S/C12H12N6O2.C5H9N/c1-3-18-10-7(6(2)19)4-14-5-8(10)15-12(18)9-11(13)17-20-16-9;1-5-2-3-6-4-5/h4-5H,3H2,1-2H3,(H2,13,17);6H,1-4H2.